The largest absolute Gasteiger partial charge is 0.394 e. The van der Waals surface area contributed by atoms with Gasteiger partial charge in [-0.1, -0.05) is 39.3 Å². The molecule has 4 unspecified atom stereocenters. The van der Waals surface area contributed by atoms with E-state index in [0.717, 1.165) is 44.9 Å². The summed E-state index contributed by atoms with van der Waals surface area (Å²) in [6.07, 6.45) is -3.83. The van der Waals surface area contributed by atoms with E-state index in [9.17, 15) is 35.7 Å². The number of rotatable bonds is 5. The van der Waals surface area contributed by atoms with Crippen LogP contribution in [-0.2, 0) is 28.4 Å². The summed E-state index contributed by atoms with van der Waals surface area (Å²) >= 11 is 0. The molecule has 8 rings (SSSR count). The average molecular weight is 739 g/mol. The van der Waals surface area contributed by atoms with Gasteiger partial charge in [-0.25, -0.2) is 0 Å². The third-order valence-corrected chi connectivity index (χ3v) is 15.8. The Labute approximate surface area is 306 Å². The van der Waals surface area contributed by atoms with Crippen LogP contribution in [0.1, 0.15) is 92.4 Å². The summed E-state index contributed by atoms with van der Waals surface area (Å²) in [5.41, 5.74) is 0.0981. The van der Waals surface area contributed by atoms with E-state index in [-0.39, 0.29) is 29.0 Å². The Morgan fingerprint density at radius 1 is 0.827 bits per heavy atom. The number of ether oxygens (including phenoxy) is 6. The van der Waals surface area contributed by atoms with Crippen LogP contribution in [-0.4, -0.2) is 134 Å². The Hall–Kier alpha value is -0.780. The van der Waals surface area contributed by atoms with E-state index in [4.69, 9.17) is 28.4 Å². The van der Waals surface area contributed by atoms with E-state index >= 15 is 0 Å². The molecule has 0 radical (unpaired) electrons. The molecule has 8 aliphatic rings. The van der Waals surface area contributed by atoms with Crippen LogP contribution in [0.3, 0.4) is 0 Å². The van der Waals surface area contributed by atoms with Gasteiger partial charge in [0.1, 0.15) is 48.3 Å². The Morgan fingerprint density at radius 3 is 2.31 bits per heavy atom. The number of allylic oxidation sites excluding steroid dienone is 1. The molecule has 13 heteroatoms. The molecule has 52 heavy (non-hydrogen) atoms. The van der Waals surface area contributed by atoms with Crippen LogP contribution in [0, 0.1) is 40.4 Å². The maximum absolute atomic E-state index is 12.7. The van der Waals surface area contributed by atoms with Crippen molar-refractivity contribution in [2.24, 2.45) is 40.4 Å². The summed E-state index contributed by atoms with van der Waals surface area (Å²) < 4.78 is 37.3. The first-order chi connectivity index (χ1) is 24.6. The quantitative estimate of drug-likeness (QED) is 0.201. The molecule has 0 amide bonds. The molecule has 3 saturated carbocycles. The Bertz CT molecular complexity index is 1350. The fourth-order valence-corrected chi connectivity index (χ4v) is 12.5. The Balaban J connectivity index is 0.977. The first kappa shape index (κ1) is 38.1. The zero-order valence-corrected chi connectivity index (χ0v) is 31.3. The number of hydrogen-bond acceptors (Lipinski definition) is 13. The van der Waals surface area contributed by atoms with E-state index in [0.29, 0.717) is 43.1 Å². The second kappa shape index (κ2) is 13.4. The monoisotopic (exact) mass is 738 g/mol. The van der Waals surface area contributed by atoms with Crippen molar-refractivity contribution in [2.45, 2.75) is 177 Å². The van der Waals surface area contributed by atoms with Gasteiger partial charge in [0.05, 0.1) is 31.5 Å². The molecule has 0 aromatic heterocycles. The maximum Gasteiger partial charge on any atom is 0.187 e. The van der Waals surface area contributed by atoms with Gasteiger partial charge in [-0.05, 0) is 87.4 Å². The second-order valence-corrected chi connectivity index (χ2v) is 18.4. The summed E-state index contributed by atoms with van der Waals surface area (Å²) in [5.74, 6) is 0.929. The number of hydrogen-bond donors (Lipinski definition) is 7. The molecular formula is C39H62O13. The van der Waals surface area contributed by atoms with E-state index in [1.807, 2.05) is 0 Å². The SMILES string of the molecule is CC1CC[C@@]2(OC1)O[C@H]1CC3C4CC=C5C[C@@H](O[C@@H]6O[C@H](CO)[C@@H](O)[C@H](O)[C@H]6O[C@@H]6O[C@@H](C)[C@H](O)[C@@H](O)[C@H]6O)CC[C@]5(C)C4CC[C@]3(C)[C@@]1(O)[C@@H]2C. The van der Waals surface area contributed by atoms with Gasteiger partial charge in [0.15, 0.2) is 18.4 Å². The summed E-state index contributed by atoms with van der Waals surface area (Å²) in [6.45, 7) is 10.7. The average Bonchev–Trinajstić information content (AvgIpc) is 3.48. The van der Waals surface area contributed by atoms with Crippen molar-refractivity contribution < 1.29 is 64.2 Å². The summed E-state index contributed by atoms with van der Waals surface area (Å²) in [7, 11) is 0. The topological polar surface area (TPSA) is 197 Å². The zero-order chi connectivity index (χ0) is 37.1. The van der Waals surface area contributed by atoms with Crippen molar-refractivity contribution in [3.05, 3.63) is 11.6 Å². The lowest BCUT2D eigenvalue weighted by Crippen LogP contribution is -2.64. The van der Waals surface area contributed by atoms with E-state index in [2.05, 4.69) is 33.8 Å². The van der Waals surface area contributed by atoms with Gasteiger partial charge in [0.25, 0.3) is 0 Å². The van der Waals surface area contributed by atoms with Crippen molar-refractivity contribution >= 4 is 0 Å². The summed E-state index contributed by atoms with van der Waals surface area (Å²) in [4.78, 5) is 0. The fraction of sp³-hybridized carbons (Fsp3) is 0.949. The first-order valence-corrected chi connectivity index (χ1v) is 19.9. The van der Waals surface area contributed by atoms with E-state index in [1.54, 1.807) is 0 Å². The van der Waals surface area contributed by atoms with Crippen molar-refractivity contribution in [3.8, 4) is 0 Å². The highest BCUT2D eigenvalue weighted by atomic mass is 16.8. The molecule has 4 heterocycles. The normalized spacial score (nSPS) is 58.9. The highest BCUT2D eigenvalue weighted by Crippen LogP contribution is 2.72. The van der Waals surface area contributed by atoms with Gasteiger partial charge in [-0.3, -0.25) is 0 Å². The van der Waals surface area contributed by atoms with Gasteiger partial charge in [0.2, 0.25) is 0 Å². The highest BCUT2D eigenvalue weighted by molar-refractivity contribution is 5.29. The van der Waals surface area contributed by atoms with Gasteiger partial charge in [0, 0.05) is 17.8 Å². The molecule has 296 valence electrons. The van der Waals surface area contributed by atoms with Crippen LogP contribution >= 0.6 is 0 Å². The molecular weight excluding hydrogens is 676 g/mol. The Kier molecular flexibility index (Phi) is 9.83. The van der Waals surface area contributed by atoms with Gasteiger partial charge in [-0.15, -0.1) is 0 Å². The minimum absolute atomic E-state index is 0.0411. The van der Waals surface area contributed by atoms with Crippen LogP contribution in [0.2, 0.25) is 0 Å². The lowest BCUT2D eigenvalue weighted by molar-refractivity contribution is -0.369. The van der Waals surface area contributed by atoms with Crippen molar-refractivity contribution in [2.75, 3.05) is 13.2 Å². The predicted molar refractivity (Wildman–Crippen MR) is 183 cm³/mol. The zero-order valence-electron chi connectivity index (χ0n) is 31.3. The van der Waals surface area contributed by atoms with Crippen LogP contribution in [0.4, 0.5) is 0 Å². The molecule has 21 atom stereocenters. The molecule has 0 aromatic carbocycles. The highest BCUT2D eigenvalue weighted by Gasteiger charge is 2.76. The molecule has 7 N–H and O–H groups in total. The molecule has 1 spiro atoms. The lowest BCUT2D eigenvalue weighted by atomic mass is 9.46. The van der Waals surface area contributed by atoms with Crippen molar-refractivity contribution in [3.63, 3.8) is 0 Å². The van der Waals surface area contributed by atoms with Crippen LogP contribution in [0.15, 0.2) is 11.6 Å². The van der Waals surface area contributed by atoms with Crippen LogP contribution in [0.25, 0.3) is 0 Å². The molecule has 4 aliphatic carbocycles. The molecule has 13 nitrogen and oxygen atoms in total. The van der Waals surface area contributed by atoms with Crippen LogP contribution in [0.5, 0.6) is 0 Å². The molecule has 0 bridgehead atoms. The van der Waals surface area contributed by atoms with Gasteiger partial charge in [-0.2, -0.15) is 0 Å². The summed E-state index contributed by atoms with van der Waals surface area (Å²) in [5, 5.41) is 75.6. The van der Waals surface area contributed by atoms with Crippen molar-refractivity contribution in [1.29, 1.82) is 0 Å². The van der Waals surface area contributed by atoms with E-state index < -0.39 is 79.4 Å². The fourth-order valence-electron chi connectivity index (χ4n) is 12.5. The second-order valence-electron chi connectivity index (χ2n) is 18.4. The van der Waals surface area contributed by atoms with E-state index in [1.165, 1.54) is 12.5 Å². The minimum atomic E-state index is -1.62. The third-order valence-electron chi connectivity index (χ3n) is 15.8. The molecule has 4 saturated heterocycles. The molecule has 4 aliphatic heterocycles. The molecule has 0 aromatic rings. The minimum Gasteiger partial charge on any atom is -0.394 e. The van der Waals surface area contributed by atoms with Gasteiger partial charge < -0.3 is 64.2 Å². The number of fused-ring (bicyclic) bond motifs is 7. The maximum atomic E-state index is 12.7. The lowest BCUT2D eigenvalue weighted by Gasteiger charge is -2.60. The third kappa shape index (κ3) is 5.50. The summed E-state index contributed by atoms with van der Waals surface area (Å²) in [6, 6.07) is 0. The smallest absolute Gasteiger partial charge is 0.187 e. The standard InChI is InChI=1S/C39H62O13/c1-18-8-13-38(47-17-18)20(3)39(46)27(52-38)15-25-23-7-6-21-14-22(9-11-36(21,4)24(23)10-12-37(25,39)5)49-35-33(31(44)29(42)26(16-40)50-35)51-34-32(45)30(43)28(41)19(2)48-34/h6,18-20,22-35,40-46H,7-17H2,1-5H3/t18?,19-,20+,22-,23?,24?,25?,26+,27-,28-,29+,30+,31-,32+,33+,34-,35+,36-,37-,38+,39+/m0/s1. The van der Waals surface area contributed by atoms with Crippen molar-refractivity contribution in [1.82, 2.24) is 0 Å². The Morgan fingerprint density at radius 2 is 1.60 bits per heavy atom. The predicted octanol–water partition coefficient (Wildman–Crippen LogP) is 1.50. The molecule has 7 fully saturated rings. The number of aliphatic hydroxyl groups excluding tert-OH is 6. The first-order valence-electron chi connectivity index (χ1n) is 19.9. The van der Waals surface area contributed by atoms with Crippen LogP contribution < -0.4 is 0 Å². The number of aliphatic hydroxyl groups is 7. The van der Waals surface area contributed by atoms with Gasteiger partial charge >= 0.3 is 0 Å².